The number of nitrogens with one attached hydrogen (secondary N) is 2. The lowest BCUT2D eigenvalue weighted by Gasteiger charge is -2.32. The standard InChI is InChI=1S/C22H27N3O2S/c1-17-6-8-20(9-7-17)28(26,27)24-19-11-14-25(15-12-19)13-10-18-16-23-22-5-3-2-4-21(18)22/h2-9,16,19,23-24H,10-15H2,1H3. The van der Waals surface area contributed by atoms with E-state index in [1.54, 1.807) is 12.1 Å². The molecule has 0 bridgehead atoms. The fourth-order valence-electron chi connectivity index (χ4n) is 3.90. The zero-order valence-electron chi connectivity index (χ0n) is 16.2. The largest absolute Gasteiger partial charge is 0.361 e. The zero-order valence-corrected chi connectivity index (χ0v) is 17.0. The molecule has 0 radical (unpaired) electrons. The molecule has 1 saturated heterocycles. The fraction of sp³-hybridized carbons (Fsp3) is 0.364. The lowest BCUT2D eigenvalue weighted by atomic mass is 10.0. The third-order valence-corrected chi connectivity index (χ3v) is 7.15. The average molecular weight is 398 g/mol. The number of sulfonamides is 1. The van der Waals surface area contributed by atoms with E-state index in [4.69, 9.17) is 0 Å². The Morgan fingerprint density at radius 2 is 1.79 bits per heavy atom. The van der Waals surface area contributed by atoms with Crippen LogP contribution in [0.25, 0.3) is 10.9 Å². The van der Waals surface area contributed by atoms with Crippen molar-refractivity contribution in [1.82, 2.24) is 14.6 Å². The van der Waals surface area contributed by atoms with Crippen molar-refractivity contribution < 1.29 is 8.42 Å². The highest BCUT2D eigenvalue weighted by molar-refractivity contribution is 7.89. The van der Waals surface area contributed by atoms with E-state index in [1.807, 2.05) is 25.1 Å². The molecule has 1 aromatic heterocycles. The zero-order chi connectivity index (χ0) is 19.6. The fourth-order valence-corrected chi connectivity index (χ4v) is 5.20. The topological polar surface area (TPSA) is 65.2 Å². The number of H-pyrrole nitrogens is 1. The van der Waals surface area contributed by atoms with Crippen molar-refractivity contribution in [2.75, 3.05) is 19.6 Å². The number of para-hydroxylation sites is 1. The molecule has 1 aliphatic heterocycles. The SMILES string of the molecule is Cc1ccc(S(=O)(=O)NC2CCN(CCc3c[nH]c4ccccc34)CC2)cc1. The van der Waals surface area contributed by atoms with Crippen molar-refractivity contribution >= 4 is 20.9 Å². The Morgan fingerprint density at radius 1 is 1.07 bits per heavy atom. The highest BCUT2D eigenvalue weighted by Crippen LogP contribution is 2.20. The molecule has 2 N–H and O–H groups in total. The van der Waals surface area contributed by atoms with E-state index < -0.39 is 10.0 Å². The van der Waals surface area contributed by atoms with E-state index in [-0.39, 0.29) is 6.04 Å². The van der Waals surface area contributed by atoms with Crippen LogP contribution in [0.4, 0.5) is 0 Å². The highest BCUT2D eigenvalue weighted by Gasteiger charge is 2.24. The number of benzene rings is 2. The molecule has 4 rings (SSSR count). The normalized spacial score (nSPS) is 16.6. The van der Waals surface area contributed by atoms with Crippen molar-refractivity contribution in [2.24, 2.45) is 0 Å². The maximum atomic E-state index is 12.6. The Labute approximate surface area is 166 Å². The lowest BCUT2D eigenvalue weighted by Crippen LogP contribution is -2.45. The third-order valence-electron chi connectivity index (χ3n) is 5.61. The minimum atomic E-state index is -3.44. The van der Waals surface area contributed by atoms with E-state index >= 15 is 0 Å². The Hall–Kier alpha value is -2.15. The van der Waals surface area contributed by atoms with Gasteiger partial charge in [0.1, 0.15) is 0 Å². The van der Waals surface area contributed by atoms with E-state index in [0.717, 1.165) is 44.5 Å². The van der Waals surface area contributed by atoms with Gasteiger partial charge < -0.3 is 9.88 Å². The first kappa shape index (κ1) is 19.2. The van der Waals surface area contributed by atoms with Crippen molar-refractivity contribution in [3.8, 4) is 0 Å². The van der Waals surface area contributed by atoms with Gasteiger partial charge in [0.15, 0.2) is 0 Å². The summed E-state index contributed by atoms with van der Waals surface area (Å²) in [6, 6.07) is 15.4. The molecule has 148 valence electrons. The summed E-state index contributed by atoms with van der Waals surface area (Å²) in [6.07, 6.45) is 4.80. The Bertz CT molecular complexity index is 1030. The minimum Gasteiger partial charge on any atom is -0.361 e. The number of piperidine rings is 1. The minimum absolute atomic E-state index is 0.00985. The van der Waals surface area contributed by atoms with Gasteiger partial charge in [0.05, 0.1) is 4.90 Å². The van der Waals surface area contributed by atoms with Crippen LogP contribution in [0, 0.1) is 6.92 Å². The molecule has 0 unspecified atom stereocenters. The molecular formula is C22H27N3O2S. The average Bonchev–Trinajstić information content (AvgIpc) is 3.11. The molecule has 1 fully saturated rings. The summed E-state index contributed by atoms with van der Waals surface area (Å²) >= 11 is 0. The van der Waals surface area contributed by atoms with Crippen molar-refractivity contribution in [2.45, 2.75) is 37.1 Å². The highest BCUT2D eigenvalue weighted by atomic mass is 32.2. The maximum absolute atomic E-state index is 12.6. The monoisotopic (exact) mass is 397 g/mol. The first-order chi connectivity index (χ1) is 13.5. The molecular weight excluding hydrogens is 370 g/mol. The van der Waals surface area contributed by atoms with E-state index in [0.29, 0.717) is 4.90 Å². The molecule has 6 heteroatoms. The summed E-state index contributed by atoms with van der Waals surface area (Å²) in [5.74, 6) is 0. The van der Waals surface area contributed by atoms with Crippen molar-refractivity contribution in [3.63, 3.8) is 0 Å². The molecule has 1 aliphatic rings. The van der Waals surface area contributed by atoms with Crippen LogP contribution >= 0.6 is 0 Å². The van der Waals surface area contributed by atoms with Gasteiger partial charge >= 0.3 is 0 Å². The van der Waals surface area contributed by atoms with Crippen LogP contribution in [0.2, 0.25) is 0 Å². The summed E-state index contributed by atoms with van der Waals surface area (Å²) < 4.78 is 28.0. The first-order valence-electron chi connectivity index (χ1n) is 9.88. The third kappa shape index (κ3) is 4.29. The molecule has 5 nitrogen and oxygen atoms in total. The van der Waals surface area contributed by atoms with E-state index in [2.05, 4.69) is 39.0 Å². The summed E-state index contributed by atoms with van der Waals surface area (Å²) in [5.41, 5.74) is 3.59. The van der Waals surface area contributed by atoms with Gasteiger partial charge in [0, 0.05) is 29.7 Å². The summed E-state index contributed by atoms with van der Waals surface area (Å²) in [4.78, 5) is 6.11. The summed E-state index contributed by atoms with van der Waals surface area (Å²) in [5, 5.41) is 1.29. The number of aryl methyl sites for hydroxylation is 1. The summed E-state index contributed by atoms with van der Waals surface area (Å²) in [6.45, 7) is 4.79. The molecule has 2 heterocycles. The van der Waals surface area contributed by atoms with Gasteiger partial charge in [0.25, 0.3) is 0 Å². The maximum Gasteiger partial charge on any atom is 0.240 e. The molecule has 0 aliphatic carbocycles. The predicted molar refractivity (Wildman–Crippen MR) is 113 cm³/mol. The number of hydrogen-bond donors (Lipinski definition) is 2. The molecule has 0 amide bonds. The van der Waals surface area contributed by atoms with Gasteiger partial charge in [-0.05, 0) is 63.0 Å². The van der Waals surface area contributed by atoms with Crippen LogP contribution < -0.4 is 4.72 Å². The van der Waals surface area contributed by atoms with Crippen LogP contribution in [0.3, 0.4) is 0 Å². The predicted octanol–water partition coefficient (Wildman–Crippen LogP) is 3.46. The molecule has 28 heavy (non-hydrogen) atoms. The van der Waals surface area contributed by atoms with Gasteiger partial charge in [-0.15, -0.1) is 0 Å². The van der Waals surface area contributed by atoms with Gasteiger partial charge in [-0.3, -0.25) is 0 Å². The number of likely N-dealkylation sites (tertiary alicyclic amines) is 1. The summed E-state index contributed by atoms with van der Waals surface area (Å²) in [7, 11) is -3.44. The van der Waals surface area contributed by atoms with E-state index in [1.165, 1.54) is 16.5 Å². The molecule has 0 spiro atoms. The second-order valence-electron chi connectivity index (χ2n) is 7.66. The van der Waals surface area contributed by atoms with Crippen molar-refractivity contribution in [3.05, 3.63) is 65.9 Å². The lowest BCUT2D eigenvalue weighted by molar-refractivity contribution is 0.209. The number of rotatable bonds is 6. The van der Waals surface area contributed by atoms with E-state index in [9.17, 15) is 8.42 Å². The van der Waals surface area contributed by atoms with Gasteiger partial charge in [-0.25, -0.2) is 13.1 Å². The Balaban J connectivity index is 1.29. The Morgan fingerprint density at radius 3 is 2.54 bits per heavy atom. The molecule has 3 aromatic rings. The van der Waals surface area contributed by atoms with Crippen molar-refractivity contribution in [1.29, 1.82) is 0 Å². The van der Waals surface area contributed by atoms with Crippen LogP contribution in [0.1, 0.15) is 24.0 Å². The van der Waals surface area contributed by atoms with Crippen LogP contribution in [0.5, 0.6) is 0 Å². The van der Waals surface area contributed by atoms with Crippen LogP contribution in [-0.2, 0) is 16.4 Å². The number of fused-ring (bicyclic) bond motifs is 1. The number of aromatic amines is 1. The van der Waals surface area contributed by atoms with Gasteiger partial charge in [-0.1, -0.05) is 35.9 Å². The first-order valence-corrected chi connectivity index (χ1v) is 11.4. The van der Waals surface area contributed by atoms with Gasteiger partial charge in [-0.2, -0.15) is 0 Å². The molecule has 2 aromatic carbocycles. The van der Waals surface area contributed by atoms with Crippen LogP contribution in [-0.4, -0.2) is 44.0 Å². The molecule has 0 atom stereocenters. The second kappa shape index (κ2) is 8.07. The second-order valence-corrected chi connectivity index (χ2v) is 9.37. The number of aromatic nitrogens is 1. The van der Waals surface area contributed by atoms with Crippen LogP contribution in [0.15, 0.2) is 59.6 Å². The number of hydrogen-bond acceptors (Lipinski definition) is 3. The smallest absolute Gasteiger partial charge is 0.240 e. The van der Waals surface area contributed by atoms with Gasteiger partial charge in [0.2, 0.25) is 10.0 Å². The quantitative estimate of drug-likeness (QED) is 0.669. The Kier molecular flexibility index (Phi) is 5.53. The molecule has 0 saturated carbocycles. The number of nitrogens with zero attached hydrogens (tertiary/aromatic N) is 1.